The van der Waals surface area contributed by atoms with Crippen molar-refractivity contribution in [1.29, 1.82) is 5.41 Å². The standard InChI is InChI=1S/C23H27N5O2/c1-15(22(29)27-14-16-7-9-18(10-8-16)21(24)25)28-23(30)20-13-19(11-12-26-20)17-5-3-2-4-6-17/h2-11,15,20,26H,12-14H2,1H3,(H3,24,25)(H,27,29)(H,28,30)/t15-,20+/m0/s1. The SMILES string of the molecule is C[C@H](NC(=O)[C@H]1CC(c2ccccc2)=CCN1)C(=O)NCc1ccc(C(=N)N)cc1. The number of nitrogens with one attached hydrogen (secondary N) is 4. The lowest BCUT2D eigenvalue weighted by molar-refractivity contribution is -0.129. The minimum atomic E-state index is -0.651. The number of hydrogen-bond acceptors (Lipinski definition) is 4. The van der Waals surface area contributed by atoms with Gasteiger partial charge in [-0.15, -0.1) is 0 Å². The van der Waals surface area contributed by atoms with E-state index in [-0.39, 0.29) is 23.7 Å². The molecule has 1 aliphatic heterocycles. The lowest BCUT2D eigenvalue weighted by Crippen LogP contribution is -2.52. The van der Waals surface area contributed by atoms with E-state index in [1.54, 1.807) is 19.1 Å². The molecule has 2 amide bonds. The van der Waals surface area contributed by atoms with Gasteiger partial charge in [-0.3, -0.25) is 15.0 Å². The van der Waals surface area contributed by atoms with Crippen molar-refractivity contribution in [2.24, 2.45) is 5.73 Å². The van der Waals surface area contributed by atoms with Crippen LogP contribution in [0.15, 0.2) is 60.7 Å². The van der Waals surface area contributed by atoms with Crippen LogP contribution in [0.2, 0.25) is 0 Å². The zero-order chi connectivity index (χ0) is 21.5. The molecule has 2 aromatic rings. The molecule has 0 aliphatic carbocycles. The average molecular weight is 406 g/mol. The van der Waals surface area contributed by atoms with Gasteiger partial charge in [0.25, 0.3) is 0 Å². The van der Waals surface area contributed by atoms with E-state index < -0.39 is 6.04 Å². The molecule has 3 rings (SSSR count). The maximum atomic E-state index is 12.7. The number of rotatable bonds is 7. The first-order chi connectivity index (χ1) is 14.4. The Morgan fingerprint density at radius 3 is 2.53 bits per heavy atom. The molecule has 1 heterocycles. The molecular weight excluding hydrogens is 378 g/mol. The highest BCUT2D eigenvalue weighted by atomic mass is 16.2. The maximum Gasteiger partial charge on any atom is 0.242 e. The van der Waals surface area contributed by atoms with Crippen molar-refractivity contribution in [3.05, 3.63) is 77.4 Å². The van der Waals surface area contributed by atoms with Crippen LogP contribution in [0.4, 0.5) is 0 Å². The van der Waals surface area contributed by atoms with E-state index in [0.29, 0.717) is 25.1 Å². The van der Waals surface area contributed by atoms with Gasteiger partial charge < -0.3 is 21.7 Å². The smallest absolute Gasteiger partial charge is 0.242 e. The monoisotopic (exact) mass is 405 g/mol. The van der Waals surface area contributed by atoms with Crippen LogP contribution in [0.1, 0.15) is 30.0 Å². The first-order valence-corrected chi connectivity index (χ1v) is 9.93. The number of hydrogen-bond donors (Lipinski definition) is 5. The molecule has 30 heavy (non-hydrogen) atoms. The van der Waals surface area contributed by atoms with E-state index in [1.165, 1.54) is 0 Å². The number of benzene rings is 2. The minimum absolute atomic E-state index is 0.00325. The molecule has 0 saturated carbocycles. The molecule has 0 radical (unpaired) electrons. The molecule has 0 bridgehead atoms. The molecule has 0 saturated heterocycles. The molecule has 1 aliphatic rings. The fourth-order valence-electron chi connectivity index (χ4n) is 3.30. The second-order valence-corrected chi connectivity index (χ2v) is 7.32. The van der Waals surface area contributed by atoms with Crippen molar-refractivity contribution in [2.75, 3.05) is 6.54 Å². The summed E-state index contributed by atoms with van der Waals surface area (Å²) in [7, 11) is 0. The Kier molecular flexibility index (Phi) is 6.98. The molecule has 7 nitrogen and oxygen atoms in total. The summed E-state index contributed by atoms with van der Waals surface area (Å²) in [5.74, 6) is -0.442. The van der Waals surface area contributed by atoms with Crippen LogP contribution in [0.3, 0.4) is 0 Å². The highest BCUT2D eigenvalue weighted by Crippen LogP contribution is 2.22. The van der Waals surface area contributed by atoms with Crippen LogP contribution < -0.4 is 21.7 Å². The lowest BCUT2D eigenvalue weighted by atomic mass is 9.95. The third-order valence-corrected chi connectivity index (χ3v) is 5.08. The van der Waals surface area contributed by atoms with Gasteiger partial charge in [0.05, 0.1) is 6.04 Å². The minimum Gasteiger partial charge on any atom is -0.384 e. The van der Waals surface area contributed by atoms with Crippen LogP contribution in [0.25, 0.3) is 5.57 Å². The molecule has 0 unspecified atom stereocenters. The lowest BCUT2D eigenvalue weighted by Gasteiger charge is -2.25. The Morgan fingerprint density at radius 2 is 1.87 bits per heavy atom. The predicted molar refractivity (Wildman–Crippen MR) is 118 cm³/mol. The third-order valence-electron chi connectivity index (χ3n) is 5.08. The van der Waals surface area contributed by atoms with Gasteiger partial charge in [0, 0.05) is 18.7 Å². The molecule has 0 spiro atoms. The molecule has 0 fully saturated rings. The molecule has 2 atom stereocenters. The van der Waals surface area contributed by atoms with Crippen molar-refractivity contribution in [3.8, 4) is 0 Å². The van der Waals surface area contributed by atoms with E-state index in [2.05, 4.69) is 22.0 Å². The molecule has 6 N–H and O–H groups in total. The summed E-state index contributed by atoms with van der Waals surface area (Å²) in [5.41, 5.74) is 9.20. The summed E-state index contributed by atoms with van der Waals surface area (Å²) in [4.78, 5) is 25.0. The molecule has 156 valence electrons. The third kappa shape index (κ3) is 5.55. The van der Waals surface area contributed by atoms with Gasteiger partial charge in [0.1, 0.15) is 11.9 Å². The topological polar surface area (TPSA) is 120 Å². The molecule has 0 aromatic heterocycles. The quantitative estimate of drug-likeness (QED) is 0.354. The maximum absolute atomic E-state index is 12.7. The number of nitrogens with two attached hydrogens (primary N) is 1. The van der Waals surface area contributed by atoms with E-state index in [4.69, 9.17) is 11.1 Å². The molecule has 2 aromatic carbocycles. The van der Waals surface area contributed by atoms with Crippen LogP contribution >= 0.6 is 0 Å². The van der Waals surface area contributed by atoms with Crippen molar-refractivity contribution in [3.63, 3.8) is 0 Å². The van der Waals surface area contributed by atoms with Crippen LogP contribution in [-0.2, 0) is 16.1 Å². The Balaban J connectivity index is 1.49. The number of carbonyl (C=O) groups excluding carboxylic acids is 2. The first kappa shape index (κ1) is 21.3. The number of nitrogen functional groups attached to an aromatic ring is 1. The average Bonchev–Trinajstić information content (AvgIpc) is 2.78. The van der Waals surface area contributed by atoms with Crippen LogP contribution in [-0.4, -0.2) is 36.3 Å². The Labute approximate surface area is 176 Å². The fourth-order valence-corrected chi connectivity index (χ4v) is 3.30. The zero-order valence-corrected chi connectivity index (χ0v) is 16.9. The van der Waals surface area contributed by atoms with Gasteiger partial charge in [-0.1, -0.05) is 60.7 Å². The van der Waals surface area contributed by atoms with E-state index in [0.717, 1.165) is 16.7 Å². The van der Waals surface area contributed by atoms with E-state index in [9.17, 15) is 9.59 Å². The van der Waals surface area contributed by atoms with Crippen molar-refractivity contribution in [1.82, 2.24) is 16.0 Å². The highest BCUT2D eigenvalue weighted by molar-refractivity contribution is 5.95. The first-order valence-electron chi connectivity index (χ1n) is 9.93. The van der Waals surface area contributed by atoms with Gasteiger partial charge in [-0.2, -0.15) is 0 Å². The van der Waals surface area contributed by atoms with Gasteiger partial charge in [0.15, 0.2) is 0 Å². The summed E-state index contributed by atoms with van der Waals surface area (Å²) >= 11 is 0. The number of amidine groups is 1. The summed E-state index contributed by atoms with van der Waals surface area (Å²) in [5, 5.41) is 16.2. The number of carbonyl (C=O) groups is 2. The second-order valence-electron chi connectivity index (χ2n) is 7.32. The van der Waals surface area contributed by atoms with Crippen molar-refractivity contribution < 1.29 is 9.59 Å². The zero-order valence-electron chi connectivity index (χ0n) is 16.9. The fraction of sp³-hybridized carbons (Fsp3) is 0.261. The Bertz CT molecular complexity index is 938. The second kappa shape index (κ2) is 9.84. The van der Waals surface area contributed by atoms with Gasteiger partial charge in [0.2, 0.25) is 11.8 Å². The summed E-state index contributed by atoms with van der Waals surface area (Å²) in [6, 6.07) is 16.1. The van der Waals surface area contributed by atoms with Crippen molar-refractivity contribution in [2.45, 2.75) is 32.0 Å². The Hall–Kier alpha value is -3.45. The highest BCUT2D eigenvalue weighted by Gasteiger charge is 2.25. The summed E-state index contributed by atoms with van der Waals surface area (Å²) in [6.07, 6.45) is 2.67. The molecular formula is C23H27N5O2. The predicted octanol–water partition coefficient (Wildman–Crippen LogP) is 1.54. The summed E-state index contributed by atoms with van der Waals surface area (Å²) < 4.78 is 0. The van der Waals surface area contributed by atoms with Crippen LogP contribution in [0, 0.1) is 5.41 Å². The summed E-state index contributed by atoms with van der Waals surface area (Å²) in [6.45, 7) is 2.61. The van der Waals surface area contributed by atoms with E-state index in [1.807, 2.05) is 42.5 Å². The van der Waals surface area contributed by atoms with Gasteiger partial charge in [-0.05, 0) is 30.0 Å². The van der Waals surface area contributed by atoms with Gasteiger partial charge in [-0.25, -0.2) is 0 Å². The number of amides is 2. The van der Waals surface area contributed by atoms with Crippen molar-refractivity contribution >= 4 is 23.2 Å². The van der Waals surface area contributed by atoms with E-state index >= 15 is 0 Å². The van der Waals surface area contributed by atoms with Gasteiger partial charge >= 0.3 is 0 Å². The Morgan fingerprint density at radius 1 is 1.17 bits per heavy atom. The normalized spacial score (nSPS) is 16.8. The molecule has 7 heteroatoms. The largest absolute Gasteiger partial charge is 0.384 e. The van der Waals surface area contributed by atoms with Crippen LogP contribution in [0.5, 0.6) is 0 Å².